The van der Waals surface area contributed by atoms with Gasteiger partial charge in [-0.3, -0.25) is 9.59 Å². The maximum absolute atomic E-state index is 12.2. The minimum Gasteiger partial charge on any atom is -0.497 e. The highest BCUT2D eigenvalue weighted by molar-refractivity contribution is 5.78. The topological polar surface area (TPSA) is 82.4 Å². The molecule has 30 heavy (non-hydrogen) atoms. The van der Waals surface area contributed by atoms with E-state index in [9.17, 15) is 9.59 Å². The molecule has 1 N–H and O–H groups in total. The predicted octanol–water partition coefficient (Wildman–Crippen LogP) is 2.68. The van der Waals surface area contributed by atoms with Crippen molar-refractivity contribution in [3.05, 3.63) is 76.6 Å². The second-order valence-electron chi connectivity index (χ2n) is 6.61. The molecular weight excluding hydrogens is 382 g/mol. The molecule has 3 aromatic rings. The van der Waals surface area contributed by atoms with Gasteiger partial charge in [-0.05, 0) is 55.0 Å². The summed E-state index contributed by atoms with van der Waals surface area (Å²) in [7, 11) is 1.61. The van der Waals surface area contributed by atoms with Crippen molar-refractivity contribution in [3.8, 4) is 22.8 Å². The maximum Gasteiger partial charge on any atom is 0.266 e. The van der Waals surface area contributed by atoms with Crippen LogP contribution in [0.25, 0.3) is 11.3 Å². The summed E-state index contributed by atoms with van der Waals surface area (Å²) in [6.45, 7) is 3.13. The Morgan fingerprint density at radius 3 is 2.37 bits per heavy atom. The smallest absolute Gasteiger partial charge is 0.266 e. The summed E-state index contributed by atoms with van der Waals surface area (Å²) in [5.74, 6) is 1.42. The Hall–Kier alpha value is -3.61. The van der Waals surface area contributed by atoms with Crippen molar-refractivity contribution >= 4 is 5.91 Å². The van der Waals surface area contributed by atoms with Crippen LogP contribution in [0.2, 0.25) is 0 Å². The van der Waals surface area contributed by atoms with Crippen LogP contribution in [-0.2, 0) is 17.8 Å². The lowest BCUT2D eigenvalue weighted by atomic mass is 10.1. The van der Waals surface area contributed by atoms with Gasteiger partial charge >= 0.3 is 0 Å². The Bertz CT molecular complexity index is 1030. The molecule has 2 aromatic carbocycles. The average Bonchev–Trinajstić information content (AvgIpc) is 2.77. The zero-order valence-electron chi connectivity index (χ0n) is 17.1. The quantitative estimate of drug-likeness (QED) is 0.590. The summed E-state index contributed by atoms with van der Waals surface area (Å²) < 4.78 is 11.9. The molecule has 7 heteroatoms. The zero-order chi connectivity index (χ0) is 21.3. The van der Waals surface area contributed by atoms with Gasteiger partial charge in [-0.25, -0.2) is 4.68 Å². The first-order valence-electron chi connectivity index (χ1n) is 9.80. The fourth-order valence-electron chi connectivity index (χ4n) is 2.94. The van der Waals surface area contributed by atoms with Crippen molar-refractivity contribution in [2.45, 2.75) is 19.9 Å². The first-order chi connectivity index (χ1) is 14.6. The van der Waals surface area contributed by atoms with Crippen molar-refractivity contribution in [3.63, 3.8) is 0 Å². The second kappa shape index (κ2) is 10.2. The van der Waals surface area contributed by atoms with E-state index in [1.54, 1.807) is 13.2 Å². The molecule has 3 rings (SSSR count). The largest absolute Gasteiger partial charge is 0.497 e. The van der Waals surface area contributed by atoms with Crippen LogP contribution in [0.5, 0.6) is 11.5 Å². The molecule has 0 aliphatic carbocycles. The van der Waals surface area contributed by atoms with Gasteiger partial charge in [0.2, 0.25) is 5.91 Å². The Labute approximate surface area is 175 Å². The SMILES string of the molecule is CCOc1ccc(CC(=O)NCCn2nc(-c3ccc(OC)cc3)ccc2=O)cc1. The van der Waals surface area contributed by atoms with Crippen LogP contribution >= 0.6 is 0 Å². The molecule has 0 aliphatic heterocycles. The van der Waals surface area contributed by atoms with E-state index >= 15 is 0 Å². The lowest BCUT2D eigenvalue weighted by Gasteiger charge is -2.09. The number of ether oxygens (including phenoxy) is 2. The third-order valence-electron chi connectivity index (χ3n) is 4.50. The molecule has 156 valence electrons. The van der Waals surface area contributed by atoms with E-state index in [4.69, 9.17) is 9.47 Å². The molecule has 1 heterocycles. The van der Waals surface area contributed by atoms with Crippen LogP contribution < -0.4 is 20.3 Å². The number of rotatable bonds is 9. The lowest BCUT2D eigenvalue weighted by molar-refractivity contribution is -0.120. The minimum absolute atomic E-state index is 0.112. The van der Waals surface area contributed by atoms with Crippen molar-refractivity contribution in [1.82, 2.24) is 15.1 Å². The van der Waals surface area contributed by atoms with Crippen molar-refractivity contribution in [1.29, 1.82) is 0 Å². The first-order valence-corrected chi connectivity index (χ1v) is 9.80. The minimum atomic E-state index is -0.215. The fourth-order valence-corrected chi connectivity index (χ4v) is 2.94. The first kappa shape index (κ1) is 21.1. The highest BCUT2D eigenvalue weighted by atomic mass is 16.5. The van der Waals surface area contributed by atoms with Gasteiger partial charge in [0.1, 0.15) is 11.5 Å². The third kappa shape index (κ3) is 5.70. The summed E-state index contributed by atoms with van der Waals surface area (Å²) in [6.07, 6.45) is 0.265. The Balaban J connectivity index is 1.56. The fraction of sp³-hybridized carbons (Fsp3) is 0.261. The summed E-state index contributed by atoms with van der Waals surface area (Å²) in [5, 5.41) is 7.24. The summed E-state index contributed by atoms with van der Waals surface area (Å²) >= 11 is 0. The molecule has 0 radical (unpaired) electrons. The van der Waals surface area contributed by atoms with Crippen molar-refractivity contribution in [2.24, 2.45) is 0 Å². The van der Waals surface area contributed by atoms with E-state index in [2.05, 4.69) is 10.4 Å². The van der Waals surface area contributed by atoms with Crippen LogP contribution in [0, 0.1) is 0 Å². The summed E-state index contributed by atoms with van der Waals surface area (Å²) in [5.41, 5.74) is 2.24. The summed E-state index contributed by atoms with van der Waals surface area (Å²) in [6, 6.07) is 18.0. The van der Waals surface area contributed by atoms with Crippen LogP contribution in [0.4, 0.5) is 0 Å². The van der Waals surface area contributed by atoms with E-state index in [0.717, 1.165) is 22.6 Å². The van der Waals surface area contributed by atoms with Gasteiger partial charge in [0.15, 0.2) is 0 Å². The van der Waals surface area contributed by atoms with Crippen molar-refractivity contribution < 1.29 is 14.3 Å². The number of nitrogens with one attached hydrogen (secondary N) is 1. The van der Waals surface area contributed by atoms with Gasteiger partial charge in [0, 0.05) is 18.2 Å². The van der Waals surface area contributed by atoms with E-state index in [1.807, 2.05) is 55.5 Å². The molecule has 0 unspecified atom stereocenters. The van der Waals surface area contributed by atoms with Gasteiger partial charge in [-0.2, -0.15) is 5.10 Å². The molecular formula is C23H25N3O4. The van der Waals surface area contributed by atoms with Gasteiger partial charge in [0.05, 0.1) is 32.4 Å². The number of methoxy groups -OCH3 is 1. The monoisotopic (exact) mass is 407 g/mol. The summed E-state index contributed by atoms with van der Waals surface area (Å²) in [4.78, 5) is 24.3. The molecule has 0 saturated carbocycles. The number of nitrogens with zero attached hydrogens (tertiary/aromatic N) is 2. The number of hydrogen-bond acceptors (Lipinski definition) is 5. The standard InChI is InChI=1S/C23H25N3O4/c1-3-30-20-8-4-17(5-9-20)16-22(27)24-14-15-26-23(28)13-12-21(25-26)18-6-10-19(29-2)11-7-18/h4-13H,3,14-16H2,1-2H3,(H,24,27). The lowest BCUT2D eigenvalue weighted by Crippen LogP contribution is -2.32. The molecule has 1 amide bonds. The van der Waals surface area contributed by atoms with E-state index in [-0.39, 0.29) is 24.4 Å². The Kier molecular flexibility index (Phi) is 7.21. The predicted molar refractivity (Wildman–Crippen MR) is 115 cm³/mol. The Morgan fingerprint density at radius 2 is 1.70 bits per heavy atom. The average molecular weight is 407 g/mol. The highest BCUT2D eigenvalue weighted by Gasteiger charge is 2.06. The number of hydrogen-bond donors (Lipinski definition) is 1. The van der Waals surface area contributed by atoms with Crippen LogP contribution in [-0.4, -0.2) is 35.9 Å². The number of carbonyl (C=O) groups is 1. The van der Waals surface area contributed by atoms with Crippen LogP contribution in [0.1, 0.15) is 12.5 Å². The van der Waals surface area contributed by atoms with Gasteiger partial charge < -0.3 is 14.8 Å². The zero-order valence-corrected chi connectivity index (χ0v) is 17.1. The van der Waals surface area contributed by atoms with Gasteiger partial charge in [-0.1, -0.05) is 12.1 Å². The number of benzene rings is 2. The number of carbonyl (C=O) groups excluding carboxylic acids is 1. The molecule has 0 saturated heterocycles. The normalized spacial score (nSPS) is 10.5. The van der Waals surface area contributed by atoms with Crippen LogP contribution in [0.3, 0.4) is 0 Å². The van der Waals surface area contributed by atoms with Crippen LogP contribution in [0.15, 0.2) is 65.5 Å². The molecule has 0 bridgehead atoms. The molecule has 1 aromatic heterocycles. The maximum atomic E-state index is 12.2. The van der Waals surface area contributed by atoms with Gasteiger partial charge in [0.25, 0.3) is 5.56 Å². The second-order valence-corrected chi connectivity index (χ2v) is 6.61. The van der Waals surface area contributed by atoms with Crippen molar-refractivity contribution in [2.75, 3.05) is 20.3 Å². The molecule has 0 fully saturated rings. The van der Waals surface area contributed by atoms with Gasteiger partial charge in [-0.15, -0.1) is 0 Å². The number of amides is 1. The third-order valence-corrected chi connectivity index (χ3v) is 4.50. The number of aromatic nitrogens is 2. The molecule has 0 spiro atoms. The molecule has 7 nitrogen and oxygen atoms in total. The molecule has 0 atom stereocenters. The van der Waals surface area contributed by atoms with E-state index in [0.29, 0.717) is 18.8 Å². The Morgan fingerprint density at radius 1 is 1.00 bits per heavy atom. The van der Waals surface area contributed by atoms with E-state index in [1.165, 1.54) is 10.7 Å². The molecule has 0 aliphatic rings. The highest BCUT2D eigenvalue weighted by Crippen LogP contribution is 2.19. The van der Waals surface area contributed by atoms with E-state index < -0.39 is 0 Å².